The predicted molar refractivity (Wildman–Crippen MR) is 70.5 cm³/mol. The number of hydrogen-bond acceptors (Lipinski definition) is 2. The highest BCUT2D eigenvalue weighted by molar-refractivity contribution is 5.33. The Morgan fingerprint density at radius 3 is 2.70 bits per heavy atom. The molecule has 1 N–H and O–H groups in total. The Kier molecular flexibility index (Phi) is 3.40. The molecular weight excluding hydrogens is 262 g/mol. The van der Waals surface area contributed by atoms with E-state index in [9.17, 15) is 13.9 Å². The molecule has 0 fully saturated rings. The Bertz CT molecular complexity index is 628. The first-order valence-corrected chi connectivity index (χ1v) is 6.53. The van der Waals surface area contributed by atoms with E-state index in [1.165, 1.54) is 6.07 Å². The first kappa shape index (κ1) is 13.1. The van der Waals surface area contributed by atoms with E-state index in [0.717, 1.165) is 29.7 Å². The highest BCUT2D eigenvalue weighted by atomic mass is 19.1. The van der Waals surface area contributed by atoms with Crippen LogP contribution in [0.3, 0.4) is 0 Å². The molecule has 0 aromatic heterocycles. The number of aryl methyl sites for hydroxylation is 1. The minimum atomic E-state index is -0.801. The summed E-state index contributed by atoms with van der Waals surface area (Å²) < 4.78 is 32.0. The Balaban J connectivity index is 1.83. The third kappa shape index (κ3) is 2.39. The molecule has 4 heteroatoms. The van der Waals surface area contributed by atoms with Gasteiger partial charge in [-0.05, 0) is 36.1 Å². The van der Waals surface area contributed by atoms with Crippen LogP contribution in [0.15, 0.2) is 42.5 Å². The minimum absolute atomic E-state index is 0.0326. The van der Waals surface area contributed by atoms with E-state index in [1.54, 1.807) is 0 Å². The fourth-order valence-electron chi connectivity index (χ4n) is 2.56. The largest absolute Gasteiger partial charge is 0.484 e. The van der Waals surface area contributed by atoms with E-state index < -0.39 is 23.8 Å². The van der Waals surface area contributed by atoms with E-state index in [2.05, 4.69) is 0 Å². The molecule has 1 aliphatic carbocycles. The summed E-state index contributed by atoms with van der Waals surface area (Å²) in [6.07, 6.45) is 0.0321. The van der Waals surface area contributed by atoms with Crippen LogP contribution in [-0.2, 0) is 6.42 Å². The number of ether oxygens (including phenoxy) is 1. The molecule has 0 saturated heterocycles. The van der Waals surface area contributed by atoms with Crippen LogP contribution in [-0.4, -0.2) is 11.2 Å². The third-order valence-corrected chi connectivity index (χ3v) is 3.60. The van der Waals surface area contributed by atoms with E-state index in [0.29, 0.717) is 6.42 Å². The number of aliphatic hydroxyl groups excluding tert-OH is 1. The zero-order valence-corrected chi connectivity index (χ0v) is 10.7. The molecule has 0 radical (unpaired) electrons. The van der Waals surface area contributed by atoms with Gasteiger partial charge in [-0.3, -0.25) is 0 Å². The van der Waals surface area contributed by atoms with Crippen molar-refractivity contribution in [2.75, 3.05) is 0 Å². The number of benzene rings is 2. The van der Waals surface area contributed by atoms with Gasteiger partial charge in [0.2, 0.25) is 0 Å². The molecule has 2 aromatic rings. The molecule has 0 heterocycles. The minimum Gasteiger partial charge on any atom is -0.484 e. The quantitative estimate of drug-likeness (QED) is 0.911. The lowest BCUT2D eigenvalue weighted by Gasteiger charge is -2.30. The van der Waals surface area contributed by atoms with Gasteiger partial charge in [0.25, 0.3) is 0 Å². The highest BCUT2D eigenvalue weighted by Gasteiger charge is 2.29. The van der Waals surface area contributed by atoms with Crippen molar-refractivity contribution in [1.82, 2.24) is 0 Å². The van der Waals surface area contributed by atoms with Crippen LogP contribution in [0.2, 0.25) is 0 Å². The topological polar surface area (TPSA) is 29.5 Å². The van der Waals surface area contributed by atoms with Gasteiger partial charge < -0.3 is 9.84 Å². The van der Waals surface area contributed by atoms with Crippen LogP contribution in [0.4, 0.5) is 8.78 Å². The standard InChI is InChI=1S/C16H14F2O2/c17-11-6-8-14(13(18)9-11)20-15-7-5-10-3-1-2-4-12(10)16(15)19/h1-4,6,8-9,15-16,19H,5,7H2. The Hall–Kier alpha value is -1.94. The molecule has 1 aliphatic rings. The maximum absolute atomic E-state index is 13.6. The molecule has 3 rings (SSSR count). The van der Waals surface area contributed by atoms with Crippen LogP contribution < -0.4 is 4.74 Å². The predicted octanol–water partition coefficient (Wildman–Crippen LogP) is 3.39. The van der Waals surface area contributed by atoms with Crippen molar-refractivity contribution in [2.45, 2.75) is 25.0 Å². The molecular formula is C16H14F2O2. The average Bonchev–Trinajstić information content (AvgIpc) is 2.45. The van der Waals surface area contributed by atoms with Gasteiger partial charge in [0.15, 0.2) is 11.6 Å². The van der Waals surface area contributed by atoms with Gasteiger partial charge in [-0.1, -0.05) is 24.3 Å². The summed E-state index contributed by atoms with van der Waals surface area (Å²) in [5.41, 5.74) is 1.89. The summed E-state index contributed by atoms with van der Waals surface area (Å²) in [6, 6.07) is 10.7. The summed E-state index contributed by atoms with van der Waals surface area (Å²) in [7, 11) is 0. The highest BCUT2D eigenvalue weighted by Crippen LogP contribution is 2.33. The van der Waals surface area contributed by atoms with Gasteiger partial charge in [-0.25, -0.2) is 8.78 Å². The van der Waals surface area contributed by atoms with Crippen LogP contribution >= 0.6 is 0 Å². The molecule has 20 heavy (non-hydrogen) atoms. The lowest BCUT2D eigenvalue weighted by Crippen LogP contribution is -2.30. The molecule has 2 nitrogen and oxygen atoms in total. The van der Waals surface area contributed by atoms with Crippen molar-refractivity contribution < 1.29 is 18.6 Å². The van der Waals surface area contributed by atoms with Gasteiger partial charge in [-0.15, -0.1) is 0 Å². The summed E-state index contributed by atoms with van der Waals surface area (Å²) in [5, 5.41) is 10.3. The van der Waals surface area contributed by atoms with Gasteiger partial charge in [0.1, 0.15) is 18.0 Å². The zero-order chi connectivity index (χ0) is 14.1. The van der Waals surface area contributed by atoms with Crippen molar-refractivity contribution in [3.8, 4) is 5.75 Å². The second-order valence-corrected chi connectivity index (χ2v) is 4.91. The summed E-state index contributed by atoms with van der Waals surface area (Å²) in [5.74, 6) is -1.43. The second-order valence-electron chi connectivity index (χ2n) is 4.91. The van der Waals surface area contributed by atoms with Crippen molar-refractivity contribution in [3.05, 3.63) is 65.2 Å². The van der Waals surface area contributed by atoms with Gasteiger partial charge >= 0.3 is 0 Å². The molecule has 2 unspecified atom stereocenters. The maximum Gasteiger partial charge on any atom is 0.167 e. The van der Waals surface area contributed by atoms with Crippen LogP contribution in [0.5, 0.6) is 5.75 Å². The molecule has 0 spiro atoms. The number of fused-ring (bicyclic) bond motifs is 1. The second kappa shape index (κ2) is 5.21. The molecule has 2 aromatic carbocycles. The molecule has 2 atom stereocenters. The Morgan fingerprint density at radius 1 is 1.10 bits per heavy atom. The van der Waals surface area contributed by atoms with Gasteiger partial charge in [0.05, 0.1) is 0 Å². The van der Waals surface area contributed by atoms with Crippen molar-refractivity contribution in [3.63, 3.8) is 0 Å². The van der Waals surface area contributed by atoms with E-state index >= 15 is 0 Å². The number of hydrogen-bond donors (Lipinski definition) is 1. The molecule has 0 bridgehead atoms. The van der Waals surface area contributed by atoms with Crippen LogP contribution in [0.25, 0.3) is 0 Å². The zero-order valence-electron chi connectivity index (χ0n) is 10.7. The average molecular weight is 276 g/mol. The summed E-state index contributed by atoms with van der Waals surface area (Å²) >= 11 is 0. The molecule has 104 valence electrons. The van der Waals surface area contributed by atoms with Crippen molar-refractivity contribution in [1.29, 1.82) is 0 Å². The fraction of sp³-hybridized carbons (Fsp3) is 0.250. The van der Waals surface area contributed by atoms with Crippen molar-refractivity contribution >= 4 is 0 Å². The lowest BCUT2D eigenvalue weighted by molar-refractivity contribution is 0.0208. The number of aliphatic hydroxyl groups is 1. The monoisotopic (exact) mass is 276 g/mol. The summed E-state index contributed by atoms with van der Waals surface area (Å²) in [4.78, 5) is 0. The SMILES string of the molecule is OC1c2ccccc2CCC1Oc1ccc(F)cc1F. The first-order chi connectivity index (χ1) is 9.65. The summed E-state index contributed by atoms with van der Waals surface area (Å²) in [6.45, 7) is 0. The Morgan fingerprint density at radius 2 is 1.90 bits per heavy atom. The molecule has 0 aliphatic heterocycles. The van der Waals surface area contributed by atoms with E-state index in [1.807, 2.05) is 24.3 Å². The van der Waals surface area contributed by atoms with Crippen LogP contribution in [0, 0.1) is 11.6 Å². The third-order valence-electron chi connectivity index (χ3n) is 3.60. The smallest absolute Gasteiger partial charge is 0.167 e. The van der Waals surface area contributed by atoms with E-state index in [-0.39, 0.29) is 5.75 Å². The van der Waals surface area contributed by atoms with E-state index in [4.69, 9.17) is 4.74 Å². The molecule has 0 saturated carbocycles. The maximum atomic E-state index is 13.6. The lowest BCUT2D eigenvalue weighted by atomic mass is 9.87. The Labute approximate surface area is 115 Å². The van der Waals surface area contributed by atoms with Crippen molar-refractivity contribution in [2.24, 2.45) is 0 Å². The van der Waals surface area contributed by atoms with Gasteiger partial charge in [-0.2, -0.15) is 0 Å². The number of rotatable bonds is 2. The number of halogens is 2. The van der Waals surface area contributed by atoms with Crippen LogP contribution in [0.1, 0.15) is 23.7 Å². The first-order valence-electron chi connectivity index (χ1n) is 6.53. The van der Waals surface area contributed by atoms with Gasteiger partial charge in [0, 0.05) is 6.07 Å². The normalized spacial score (nSPS) is 21.4. The molecule has 0 amide bonds. The fourth-order valence-corrected chi connectivity index (χ4v) is 2.56.